The van der Waals surface area contributed by atoms with Crippen LogP contribution in [0.4, 0.5) is 0 Å². The molecule has 2 aliphatic rings. The molecule has 20 heavy (non-hydrogen) atoms. The van der Waals surface area contributed by atoms with Gasteiger partial charge in [-0.1, -0.05) is 6.92 Å². The summed E-state index contributed by atoms with van der Waals surface area (Å²) in [7, 11) is 0. The van der Waals surface area contributed by atoms with Gasteiger partial charge in [0.25, 0.3) is 0 Å². The Morgan fingerprint density at radius 2 is 2.05 bits per heavy atom. The van der Waals surface area contributed by atoms with Crippen molar-refractivity contribution in [3.63, 3.8) is 0 Å². The second kappa shape index (κ2) is 6.27. The normalized spacial score (nSPS) is 24.8. The van der Waals surface area contributed by atoms with E-state index < -0.39 is 0 Å². The van der Waals surface area contributed by atoms with Crippen LogP contribution in [0, 0.1) is 11.8 Å². The largest absolute Gasteiger partial charge is 0.396 e. The first-order chi connectivity index (χ1) is 9.80. The van der Waals surface area contributed by atoms with Crippen LogP contribution in [0.1, 0.15) is 37.7 Å². The highest BCUT2D eigenvalue weighted by atomic mass is 16.3. The zero-order valence-corrected chi connectivity index (χ0v) is 12.6. The van der Waals surface area contributed by atoms with E-state index in [1.807, 2.05) is 0 Å². The molecule has 3 heterocycles. The number of imidazole rings is 1. The van der Waals surface area contributed by atoms with Crippen LogP contribution in [0.3, 0.4) is 0 Å². The molecule has 1 aromatic heterocycles. The Morgan fingerprint density at radius 3 is 2.75 bits per heavy atom. The lowest BCUT2D eigenvalue weighted by Gasteiger charge is -2.31. The summed E-state index contributed by atoms with van der Waals surface area (Å²) in [6.45, 7) is 7.20. The highest BCUT2D eigenvalue weighted by Crippen LogP contribution is 2.25. The fourth-order valence-electron chi connectivity index (χ4n) is 3.65. The first kappa shape index (κ1) is 14.1. The molecule has 4 nitrogen and oxygen atoms in total. The van der Waals surface area contributed by atoms with Crippen LogP contribution in [0.15, 0.2) is 6.20 Å². The SMILES string of the molecule is CCN1CCC(Cc2ncc3n2CC(CO)CC3)CC1. The molecule has 0 radical (unpaired) electrons. The molecule has 0 saturated carbocycles. The Kier molecular flexibility index (Phi) is 4.41. The number of fused-ring (bicyclic) bond motifs is 1. The van der Waals surface area contributed by atoms with E-state index in [4.69, 9.17) is 0 Å². The molecule has 4 heteroatoms. The second-order valence-electron chi connectivity index (χ2n) is 6.45. The van der Waals surface area contributed by atoms with Crippen LogP contribution in [0.25, 0.3) is 0 Å². The van der Waals surface area contributed by atoms with Gasteiger partial charge in [-0.15, -0.1) is 0 Å². The van der Waals surface area contributed by atoms with Gasteiger partial charge in [0, 0.05) is 37.4 Å². The maximum Gasteiger partial charge on any atom is 0.109 e. The van der Waals surface area contributed by atoms with E-state index >= 15 is 0 Å². The van der Waals surface area contributed by atoms with Crippen molar-refractivity contribution in [3.05, 3.63) is 17.7 Å². The molecule has 112 valence electrons. The second-order valence-corrected chi connectivity index (χ2v) is 6.45. The number of hydrogen-bond donors (Lipinski definition) is 1. The smallest absolute Gasteiger partial charge is 0.109 e. The molecular formula is C16H27N3O. The third kappa shape index (κ3) is 2.91. The third-order valence-electron chi connectivity index (χ3n) is 5.15. The fourth-order valence-corrected chi connectivity index (χ4v) is 3.65. The molecule has 3 rings (SSSR count). The molecule has 1 fully saturated rings. The van der Waals surface area contributed by atoms with E-state index in [1.165, 1.54) is 44.0 Å². The predicted molar refractivity (Wildman–Crippen MR) is 79.7 cm³/mol. The van der Waals surface area contributed by atoms with Gasteiger partial charge in [-0.05, 0) is 51.2 Å². The van der Waals surface area contributed by atoms with Crippen LogP contribution >= 0.6 is 0 Å². The highest BCUT2D eigenvalue weighted by molar-refractivity contribution is 5.09. The lowest BCUT2D eigenvalue weighted by Crippen LogP contribution is -2.34. The predicted octanol–water partition coefficient (Wildman–Crippen LogP) is 1.71. The Hall–Kier alpha value is -0.870. The maximum atomic E-state index is 9.38. The van der Waals surface area contributed by atoms with Crippen molar-refractivity contribution in [2.75, 3.05) is 26.2 Å². The fraction of sp³-hybridized carbons (Fsp3) is 0.812. The number of aromatic nitrogens is 2. The summed E-state index contributed by atoms with van der Waals surface area (Å²) in [6, 6.07) is 0. The van der Waals surface area contributed by atoms with Gasteiger partial charge in [0.2, 0.25) is 0 Å². The van der Waals surface area contributed by atoms with Gasteiger partial charge >= 0.3 is 0 Å². The number of aryl methyl sites for hydroxylation is 1. The maximum absolute atomic E-state index is 9.38. The average Bonchev–Trinajstić information content (AvgIpc) is 2.90. The van der Waals surface area contributed by atoms with Gasteiger partial charge in [0.05, 0.1) is 0 Å². The van der Waals surface area contributed by atoms with Gasteiger partial charge in [0.15, 0.2) is 0 Å². The summed E-state index contributed by atoms with van der Waals surface area (Å²) in [5.41, 5.74) is 1.37. The number of aliphatic hydroxyl groups excluding tert-OH is 1. The molecule has 1 N–H and O–H groups in total. The summed E-state index contributed by atoms with van der Waals surface area (Å²) in [5.74, 6) is 2.48. The van der Waals surface area contributed by atoms with Crippen molar-refractivity contribution in [2.24, 2.45) is 11.8 Å². The first-order valence-electron chi connectivity index (χ1n) is 8.16. The zero-order valence-electron chi connectivity index (χ0n) is 12.6. The van der Waals surface area contributed by atoms with E-state index in [2.05, 4.69) is 27.6 Å². The number of hydrogen-bond acceptors (Lipinski definition) is 3. The Labute approximate surface area is 121 Å². The van der Waals surface area contributed by atoms with Crippen LogP contribution in [-0.4, -0.2) is 45.8 Å². The van der Waals surface area contributed by atoms with Crippen molar-refractivity contribution in [1.82, 2.24) is 14.5 Å². The molecule has 1 aromatic rings. The van der Waals surface area contributed by atoms with Gasteiger partial charge in [-0.25, -0.2) is 4.98 Å². The Balaban J connectivity index is 1.63. The van der Waals surface area contributed by atoms with E-state index in [0.717, 1.165) is 31.7 Å². The lowest BCUT2D eigenvalue weighted by molar-refractivity contribution is 0.181. The molecule has 0 bridgehead atoms. The number of likely N-dealkylation sites (tertiary alicyclic amines) is 1. The minimum Gasteiger partial charge on any atom is -0.396 e. The first-order valence-corrected chi connectivity index (χ1v) is 8.16. The van der Waals surface area contributed by atoms with Crippen LogP contribution in [-0.2, 0) is 19.4 Å². The topological polar surface area (TPSA) is 41.3 Å². The van der Waals surface area contributed by atoms with E-state index in [-0.39, 0.29) is 0 Å². The molecule has 1 saturated heterocycles. The summed E-state index contributed by atoms with van der Waals surface area (Å²) >= 11 is 0. The molecule has 0 spiro atoms. The Bertz CT molecular complexity index is 435. The number of rotatable bonds is 4. The minimum atomic E-state index is 0.311. The molecule has 2 aliphatic heterocycles. The van der Waals surface area contributed by atoms with Crippen molar-refractivity contribution >= 4 is 0 Å². The van der Waals surface area contributed by atoms with Crippen molar-refractivity contribution in [3.8, 4) is 0 Å². The molecule has 1 unspecified atom stereocenters. The summed E-state index contributed by atoms with van der Waals surface area (Å²) < 4.78 is 2.39. The molecule has 1 atom stereocenters. The van der Waals surface area contributed by atoms with Gasteiger partial charge in [0.1, 0.15) is 5.82 Å². The average molecular weight is 277 g/mol. The van der Waals surface area contributed by atoms with Gasteiger partial charge < -0.3 is 14.6 Å². The van der Waals surface area contributed by atoms with Crippen LogP contribution < -0.4 is 0 Å². The zero-order chi connectivity index (χ0) is 13.9. The molecule has 0 aromatic carbocycles. The summed E-state index contributed by atoms with van der Waals surface area (Å²) in [4.78, 5) is 7.21. The number of aliphatic hydroxyl groups is 1. The van der Waals surface area contributed by atoms with Crippen molar-refractivity contribution in [2.45, 2.75) is 45.6 Å². The van der Waals surface area contributed by atoms with Gasteiger partial charge in [-0.2, -0.15) is 0 Å². The van der Waals surface area contributed by atoms with Crippen LogP contribution in [0.5, 0.6) is 0 Å². The van der Waals surface area contributed by atoms with Crippen molar-refractivity contribution in [1.29, 1.82) is 0 Å². The molecule has 0 amide bonds. The number of piperidine rings is 1. The summed E-state index contributed by atoms with van der Waals surface area (Å²) in [5, 5.41) is 9.38. The molecular weight excluding hydrogens is 250 g/mol. The molecule has 0 aliphatic carbocycles. The quantitative estimate of drug-likeness (QED) is 0.911. The van der Waals surface area contributed by atoms with E-state index in [0.29, 0.717) is 12.5 Å². The summed E-state index contributed by atoms with van der Waals surface area (Å²) in [6.07, 6.45) is 7.97. The minimum absolute atomic E-state index is 0.311. The monoisotopic (exact) mass is 277 g/mol. The van der Waals surface area contributed by atoms with E-state index in [1.54, 1.807) is 0 Å². The lowest BCUT2D eigenvalue weighted by atomic mass is 9.92. The van der Waals surface area contributed by atoms with E-state index in [9.17, 15) is 5.11 Å². The van der Waals surface area contributed by atoms with Crippen molar-refractivity contribution < 1.29 is 5.11 Å². The third-order valence-corrected chi connectivity index (χ3v) is 5.15. The standard InChI is InChI=1S/C16H27N3O/c1-2-18-7-5-13(6-8-18)9-16-17-10-15-4-3-14(12-20)11-19(15)16/h10,13-14,20H,2-9,11-12H2,1H3. The van der Waals surface area contributed by atoms with Crippen LogP contribution in [0.2, 0.25) is 0 Å². The van der Waals surface area contributed by atoms with Gasteiger partial charge in [-0.3, -0.25) is 0 Å². The number of nitrogens with zero attached hydrogens (tertiary/aromatic N) is 3. The Morgan fingerprint density at radius 1 is 1.25 bits per heavy atom. The highest BCUT2D eigenvalue weighted by Gasteiger charge is 2.24.